The SMILES string of the molecule is O=C(CCc1c(-c2ccccc2)[nH]c2ccc(F)cc12)N[C@H]1CC[C@@H](C(=O)O)C1. The van der Waals surface area contributed by atoms with Crippen molar-refractivity contribution < 1.29 is 19.1 Å². The van der Waals surface area contributed by atoms with Gasteiger partial charge in [-0.2, -0.15) is 0 Å². The van der Waals surface area contributed by atoms with E-state index in [0.29, 0.717) is 25.7 Å². The third-order valence-electron chi connectivity index (χ3n) is 5.68. The summed E-state index contributed by atoms with van der Waals surface area (Å²) >= 11 is 0. The molecule has 4 rings (SSSR count). The second-order valence-electron chi connectivity index (χ2n) is 7.65. The minimum Gasteiger partial charge on any atom is -0.481 e. The largest absolute Gasteiger partial charge is 0.481 e. The standard InChI is InChI=1S/C23H23FN2O3/c24-16-7-10-20-19(13-16)18(22(26-20)14-4-2-1-3-5-14)9-11-21(27)25-17-8-6-15(12-17)23(28)29/h1-5,7,10,13,15,17,26H,6,8-9,11-12H2,(H,25,27)(H,28,29)/t15-,17+/m1/s1. The van der Waals surface area contributed by atoms with E-state index in [1.807, 2.05) is 30.3 Å². The first-order valence-corrected chi connectivity index (χ1v) is 9.89. The number of halogens is 1. The van der Waals surface area contributed by atoms with Crippen LogP contribution in [0.3, 0.4) is 0 Å². The summed E-state index contributed by atoms with van der Waals surface area (Å²) in [6.07, 6.45) is 2.50. The number of hydrogen-bond donors (Lipinski definition) is 3. The molecule has 0 radical (unpaired) electrons. The molecule has 6 heteroatoms. The molecule has 3 N–H and O–H groups in total. The summed E-state index contributed by atoms with van der Waals surface area (Å²) in [6.45, 7) is 0. The predicted molar refractivity (Wildman–Crippen MR) is 109 cm³/mol. The van der Waals surface area contributed by atoms with E-state index in [4.69, 9.17) is 5.11 Å². The Morgan fingerprint density at radius 1 is 1.14 bits per heavy atom. The Bertz CT molecular complexity index is 1040. The molecule has 1 aromatic heterocycles. The molecule has 1 fully saturated rings. The monoisotopic (exact) mass is 394 g/mol. The molecule has 0 spiro atoms. The highest BCUT2D eigenvalue weighted by atomic mass is 19.1. The van der Waals surface area contributed by atoms with Crippen LogP contribution in [-0.2, 0) is 16.0 Å². The van der Waals surface area contributed by atoms with E-state index in [1.54, 1.807) is 6.07 Å². The van der Waals surface area contributed by atoms with Crippen molar-refractivity contribution >= 4 is 22.8 Å². The van der Waals surface area contributed by atoms with E-state index in [9.17, 15) is 14.0 Å². The Labute approximate surface area is 167 Å². The molecule has 1 saturated carbocycles. The molecule has 5 nitrogen and oxygen atoms in total. The van der Waals surface area contributed by atoms with Gasteiger partial charge in [0.1, 0.15) is 5.82 Å². The zero-order chi connectivity index (χ0) is 20.4. The number of carbonyl (C=O) groups excluding carboxylic acids is 1. The van der Waals surface area contributed by atoms with Crippen LogP contribution in [0.5, 0.6) is 0 Å². The van der Waals surface area contributed by atoms with Crippen LogP contribution in [0.15, 0.2) is 48.5 Å². The van der Waals surface area contributed by atoms with Gasteiger partial charge in [0.15, 0.2) is 0 Å². The predicted octanol–water partition coefficient (Wildman–Crippen LogP) is 4.28. The fourth-order valence-electron chi connectivity index (χ4n) is 4.21. The van der Waals surface area contributed by atoms with Crippen LogP contribution >= 0.6 is 0 Å². The normalized spacial score (nSPS) is 18.8. The average Bonchev–Trinajstić information content (AvgIpc) is 3.31. The number of aliphatic carboxylic acids is 1. The van der Waals surface area contributed by atoms with Gasteiger partial charge in [-0.3, -0.25) is 9.59 Å². The highest BCUT2D eigenvalue weighted by Gasteiger charge is 2.30. The lowest BCUT2D eigenvalue weighted by Gasteiger charge is -2.13. The molecule has 3 aromatic rings. The number of aromatic amines is 1. The molecular formula is C23H23FN2O3. The van der Waals surface area contributed by atoms with Crippen molar-refractivity contribution in [2.45, 2.75) is 38.1 Å². The van der Waals surface area contributed by atoms with Crippen LogP contribution in [0.25, 0.3) is 22.2 Å². The quantitative estimate of drug-likeness (QED) is 0.584. The smallest absolute Gasteiger partial charge is 0.306 e. The van der Waals surface area contributed by atoms with Gasteiger partial charge < -0.3 is 15.4 Å². The maximum atomic E-state index is 13.9. The van der Waals surface area contributed by atoms with Gasteiger partial charge in [0.25, 0.3) is 0 Å². The van der Waals surface area contributed by atoms with Gasteiger partial charge in [-0.1, -0.05) is 30.3 Å². The van der Waals surface area contributed by atoms with Crippen molar-refractivity contribution in [2.24, 2.45) is 5.92 Å². The maximum Gasteiger partial charge on any atom is 0.306 e. The molecule has 0 saturated heterocycles. The van der Waals surface area contributed by atoms with Crippen LogP contribution in [0.2, 0.25) is 0 Å². The lowest BCUT2D eigenvalue weighted by molar-refractivity contribution is -0.141. The minimum absolute atomic E-state index is 0.0855. The van der Waals surface area contributed by atoms with Gasteiger partial charge in [-0.15, -0.1) is 0 Å². The molecule has 150 valence electrons. The number of benzene rings is 2. The molecule has 0 unspecified atom stereocenters. The summed E-state index contributed by atoms with van der Waals surface area (Å²) in [4.78, 5) is 26.9. The second-order valence-corrected chi connectivity index (χ2v) is 7.65. The zero-order valence-corrected chi connectivity index (χ0v) is 16.0. The molecule has 29 heavy (non-hydrogen) atoms. The maximum absolute atomic E-state index is 13.9. The van der Waals surface area contributed by atoms with Crippen LogP contribution in [-0.4, -0.2) is 28.0 Å². The highest BCUT2D eigenvalue weighted by molar-refractivity contribution is 5.91. The van der Waals surface area contributed by atoms with Crippen molar-refractivity contribution in [3.05, 3.63) is 59.9 Å². The summed E-state index contributed by atoms with van der Waals surface area (Å²) in [6, 6.07) is 14.3. The fourth-order valence-corrected chi connectivity index (χ4v) is 4.21. The molecule has 1 aliphatic rings. The summed E-state index contributed by atoms with van der Waals surface area (Å²) in [7, 11) is 0. The Morgan fingerprint density at radius 2 is 1.93 bits per heavy atom. The number of amides is 1. The van der Waals surface area contributed by atoms with Crippen LogP contribution in [0, 0.1) is 11.7 Å². The number of carboxylic acid groups (broad SMARTS) is 1. The number of carboxylic acids is 1. The first kappa shape index (κ1) is 19.2. The average molecular weight is 394 g/mol. The summed E-state index contributed by atoms with van der Waals surface area (Å²) < 4.78 is 13.9. The Hall–Kier alpha value is -3.15. The third kappa shape index (κ3) is 4.16. The van der Waals surface area contributed by atoms with E-state index in [1.165, 1.54) is 12.1 Å². The number of fused-ring (bicyclic) bond motifs is 1. The second kappa shape index (κ2) is 8.07. The Balaban J connectivity index is 1.52. The van der Waals surface area contributed by atoms with Crippen molar-refractivity contribution in [2.75, 3.05) is 0 Å². The minimum atomic E-state index is -0.796. The molecule has 2 aromatic carbocycles. The van der Waals surface area contributed by atoms with Crippen molar-refractivity contribution in [3.63, 3.8) is 0 Å². The van der Waals surface area contributed by atoms with E-state index >= 15 is 0 Å². The number of nitrogens with one attached hydrogen (secondary N) is 2. The lowest BCUT2D eigenvalue weighted by Crippen LogP contribution is -2.33. The molecular weight excluding hydrogens is 371 g/mol. The molecule has 0 aliphatic heterocycles. The molecule has 0 bridgehead atoms. The molecule has 1 aliphatic carbocycles. The van der Waals surface area contributed by atoms with Gasteiger partial charge in [-0.05, 0) is 55.0 Å². The van der Waals surface area contributed by atoms with Gasteiger partial charge in [-0.25, -0.2) is 4.39 Å². The lowest BCUT2D eigenvalue weighted by atomic mass is 10.0. The van der Waals surface area contributed by atoms with Crippen molar-refractivity contribution in [1.29, 1.82) is 0 Å². The van der Waals surface area contributed by atoms with E-state index in [-0.39, 0.29) is 30.1 Å². The fraction of sp³-hybridized carbons (Fsp3) is 0.304. The number of aryl methyl sites for hydroxylation is 1. The highest BCUT2D eigenvalue weighted by Crippen LogP contribution is 2.32. The number of H-pyrrole nitrogens is 1. The topological polar surface area (TPSA) is 82.2 Å². The van der Waals surface area contributed by atoms with E-state index < -0.39 is 5.97 Å². The van der Waals surface area contributed by atoms with Crippen molar-refractivity contribution in [3.8, 4) is 11.3 Å². The van der Waals surface area contributed by atoms with Crippen molar-refractivity contribution in [1.82, 2.24) is 10.3 Å². The molecule has 1 amide bonds. The third-order valence-corrected chi connectivity index (χ3v) is 5.68. The first-order valence-electron chi connectivity index (χ1n) is 9.89. The van der Waals surface area contributed by atoms with Gasteiger partial charge >= 0.3 is 5.97 Å². The van der Waals surface area contributed by atoms with Gasteiger partial charge in [0, 0.05) is 29.1 Å². The first-order chi connectivity index (χ1) is 14.0. The van der Waals surface area contributed by atoms with Gasteiger partial charge in [0.05, 0.1) is 5.92 Å². The summed E-state index contributed by atoms with van der Waals surface area (Å²) in [5.41, 5.74) is 3.63. The zero-order valence-electron chi connectivity index (χ0n) is 16.0. The van der Waals surface area contributed by atoms with Crippen LogP contribution < -0.4 is 5.32 Å². The van der Waals surface area contributed by atoms with Gasteiger partial charge in [0.2, 0.25) is 5.91 Å². The van der Waals surface area contributed by atoms with Crippen LogP contribution in [0.1, 0.15) is 31.2 Å². The van der Waals surface area contributed by atoms with Crippen LogP contribution in [0.4, 0.5) is 4.39 Å². The number of hydrogen-bond acceptors (Lipinski definition) is 2. The summed E-state index contributed by atoms with van der Waals surface area (Å²) in [5.74, 6) is -1.59. The Morgan fingerprint density at radius 3 is 2.66 bits per heavy atom. The van der Waals surface area contributed by atoms with E-state index in [2.05, 4.69) is 10.3 Å². The molecule has 1 heterocycles. The number of aromatic nitrogens is 1. The Kier molecular flexibility index (Phi) is 5.34. The number of rotatable bonds is 6. The number of carbonyl (C=O) groups is 2. The molecule has 2 atom stereocenters. The van der Waals surface area contributed by atoms with E-state index in [0.717, 1.165) is 27.7 Å². The summed E-state index contributed by atoms with van der Waals surface area (Å²) in [5, 5.41) is 12.8.